The second-order valence-corrected chi connectivity index (χ2v) is 9.94. The normalized spacial score (nSPS) is 10.6. The first-order chi connectivity index (χ1) is 18.5. The number of hydrogen-bond acceptors (Lipinski definition) is 4. The Bertz CT molecular complexity index is 1380. The number of alkyl carbamates (subject to hydrolysis) is 1. The molecule has 0 saturated carbocycles. The number of allylic oxidation sites excluding steroid dienone is 1. The lowest BCUT2D eigenvalue weighted by Gasteiger charge is -2.19. The molecular weight excluding hydrogens is 491 g/mol. The van der Waals surface area contributed by atoms with Crippen LogP contribution in [0.4, 0.5) is 9.18 Å². The lowest BCUT2D eigenvalue weighted by Crippen LogP contribution is -2.32. The van der Waals surface area contributed by atoms with Gasteiger partial charge in [0, 0.05) is 22.7 Å². The molecule has 1 N–H and O–H groups in total. The zero-order valence-electron chi connectivity index (χ0n) is 24.4. The second kappa shape index (κ2) is 14.3. The average molecular weight is 533 g/mol. The van der Waals surface area contributed by atoms with Gasteiger partial charge in [-0.3, -0.25) is 4.98 Å². The number of halogens is 1. The van der Waals surface area contributed by atoms with Crippen molar-refractivity contribution in [2.75, 3.05) is 0 Å². The molecule has 0 aliphatic heterocycles. The number of pyridine rings is 1. The van der Waals surface area contributed by atoms with Gasteiger partial charge in [0.1, 0.15) is 22.8 Å². The van der Waals surface area contributed by atoms with E-state index >= 15 is 0 Å². The quantitative estimate of drug-likeness (QED) is 0.278. The van der Waals surface area contributed by atoms with Crippen molar-refractivity contribution in [3.63, 3.8) is 0 Å². The first kappa shape index (κ1) is 31.3. The number of hydrogen-bond donors (Lipinski definition) is 1. The largest absolute Gasteiger partial charge is 0.459 e. The SMILES string of the molecule is C=C(C)c1ccc(-c2cc(-c3cccc(F)c3)c3oc(CNC(=O)OC(C)(C)C)cc3c2)nc1.CC.CCC. The van der Waals surface area contributed by atoms with E-state index in [1.165, 1.54) is 18.6 Å². The topological polar surface area (TPSA) is 64.4 Å². The number of ether oxygens (including phenoxy) is 1. The van der Waals surface area contributed by atoms with Crippen LogP contribution in [0.2, 0.25) is 0 Å². The van der Waals surface area contributed by atoms with Crippen LogP contribution in [-0.2, 0) is 11.3 Å². The summed E-state index contributed by atoms with van der Waals surface area (Å²) in [5.74, 6) is 0.222. The fourth-order valence-corrected chi connectivity index (χ4v) is 3.60. The minimum absolute atomic E-state index is 0.160. The van der Waals surface area contributed by atoms with Crippen LogP contribution in [0.25, 0.3) is 38.9 Å². The van der Waals surface area contributed by atoms with Crippen LogP contribution in [-0.4, -0.2) is 16.7 Å². The molecule has 2 aromatic heterocycles. The zero-order chi connectivity index (χ0) is 29.2. The Morgan fingerprint density at radius 2 is 1.74 bits per heavy atom. The van der Waals surface area contributed by atoms with Crippen LogP contribution in [0.15, 0.2) is 71.8 Å². The molecule has 0 spiro atoms. The number of furan rings is 1. The number of aromatic nitrogens is 1. The van der Waals surface area contributed by atoms with Gasteiger partial charge < -0.3 is 14.5 Å². The maximum Gasteiger partial charge on any atom is 0.408 e. The summed E-state index contributed by atoms with van der Waals surface area (Å²) < 4.78 is 25.4. The van der Waals surface area contributed by atoms with E-state index in [2.05, 4.69) is 30.7 Å². The van der Waals surface area contributed by atoms with E-state index in [4.69, 9.17) is 9.15 Å². The van der Waals surface area contributed by atoms with Crippen LogP contribution in [0, 0.1) is 5.82 Å². The molecule has 1 amide bonds. The van der Waals surface area contributed by atoms with Crippen molar-refractivity contribution in [1.29, 1.82) is 0 Å². The third-order valence-corrected chi connectivity index (χ3v) is 5.16. The molecule has 2 heterocycles. The number of benzene rings is 2. The Kier molecular flexibility index (Phi) is 11.5. The Hall–Kier alpha value is -3.93. The Morgan fingerprint density at radius 1 is 1.05 bits per heavy atom. The number of fused-ring (bicyclic) bond motifs is 1. The molecule has 0 atom stereocenters. The summed E-state index contributed by atoms with van der Waals surface area (Å²) in [5, 5.41) is 3.54. The van der Waals surface area contributed by atoms with E-state index in [0.29, 0.717) is 16.9 Å². The highest BCUT2D eigenvalue weighted by Gasteiger charge is 2.18. The number of rotatable bonds is 5. The maximum absolute atomic E-state index is 14.0. The third kappa shape index (κ3) is 9.10. The van der Waals surface area contributed by atoms with E-state index in [-0.39, 0.29) is 12.4 Å². The molecule has 4 rings (SSSR count). The number of amides is 1. The fraction of sp³-hybridized carbons (Fsp3) is 0.333. The third-order valence-electron chi connectivity index (χ3n) is 5.16. The van der Waals surface area contributed by atoms with Crippen LogP contribution in [0.5, 0.6) is 0 Å². The van der Waals surface area contributed by atoms with Gasteiger partial charge in [0.05, 0.1) is 12.2 Å². The molecule has 0 unspecified atom stereocenters. The smallest absolute Gasteiger partial charge is 0.408 e. The lowest BCUT2D eigenvalue weighted by atomic mass is 9.98. The first-order valence-corrected chi connectivity index (χ1v) is 13.4. The van der Waals surface area contributed by atoms with Gasteiger partial charge in [0.25, 0.3) is 0 Å². The second-order valence-electron chi connectivity index (χ2n) is 9.94. The predicted molar refractivity (Wildman–Crippen MR) is 160 cm³/mol. The summed E-state index contributed by atoms with van der Waals surface area (Å²) in [5.41, 5.74) is 4.98. The molecule has 208 valence electrons. The summed E-state index contributed by atoms with van der Waals surface area (Å²) in [6, 6.07) is 16.1. The van der Waals surface area contributed by atoms with Crippen molar-refractivity contribution in [3.8, 4) is 22.4 Å². The number of carbonyl (C=O) groups is 1. The highest BCUT2D eigenvalue weighted by Crippen LogP contribution is 2.36. The van der Waals surface area contributed by atoms with E-state index in [0.717, 1.165) is 33.3 Å². The molecule has 4 aromatic rings. The first-order valence-electron chi connectivity index (χ1n) is 13.4. The Morgan fingerprint density at radius 3 is 2.31 bits per heavy atom. The monoisotopic (exact) mass is 532 g/mol. The van der Waals surface area contributed by atoms with Crippen LogP contribution < -0.4 is 5.32 Å². The molecule has 0 radical (unpaired) electrons. The maximum atomic E-state index is 14.0. The molecule has 0 bridgehead atoms. The van der Waals surface area contributed by atoms with E-state index in [9.17, 15) is 9.18 Å². The van der Waals surface area contributed by atoms with Gasteiger partial charge in [0.15, 0.2) is 0 Å². The Balaban J connectivity index is 0.000000998. The summed E-state index contributed by atoms with van der Waals surface area (Å²) in [4.78, 5) is 16.6. The van der Waals surface area contributed by atoms with E-state index in [1.807, 2.05) is 57.2 Å². The standard InChI is InChI=1S/C28H27FN2O3.C3H8.C2H6/c1-17(2)19-9-10-25(30-15-19)20-11-21-13-23(16-31-27(32)34-28(3,4)5)33-26(21)24(14-20)18-7-6-8-22(29)12-18;1-3-2;1-2/h6-15H,1,16H2,2-5H3,(H,31,32);3H2,1-2H3;1-2H3. The van der Waals surface area contributed by atoms with Gasteiger partial charge >= 0.3 is 6.09 Å². The minimum Gasteiger partial charge on any atom is -0.459 e. The molecule has 39 heavy (non-hydrogen) atoms. The van der Waals surface area contributed by atoms with Gasteiger partial charge in [0.2, 0.25) is 0 Å². The van der Waals surface area contributed by atoms with Crippen molar-refractivity contribution in [2.24, 2.45) is 0 Å². The molecule has 0 saturated heterocycles. The zero-order valence-corrected chi connectivity index (χ0v) is 24.4. The molecule has 0 fully saturated rings. The average Bonchev–Trinajstić information content (AvgIpc) is 3.31. The number of nitrogens with zero attached hydrogens (tertiary/aromatic N) is 1. The van der Waals surface area contributed by atoms with Crippen LogP contribution >= 0.6 is 0 Å². The minimum atomic E-state index is -0.593. The fourth-order valence-electron chi connectivity index (χ4n) is 3.60. The highest BCUT2D eigenvalue weighted by atomic mass is 19.1. The molecule has 0 aliphatic carbocycles. The van der Waals surface area contributed by atoms with Gasteiger partial charge in [-0.05, 0) is 80.8 Å². The Labute approximate surface area is 232 Å². The summed E-state index contributed by atoms with van der Waals surface area (Å²) >= 11 is 0. The van der Waals surface area contributed by atoms with Crippen LogP contribution in [0.1, 0.15) is 73.1 Å². The summed E-state index contributed by atoms with van der Waals surface area (Å²) in [7, 11) is 0. The lowest BCUT2D eigenvalue weighted by molar-refractivity contribution is 0.0520. The van der Waals surface area contributed by atoms with Gasteiger partial charge in [-0.25, -0.2) is 9.18 Å². The van der Waals surface area contributed by atoms with Crippen LogP contribution in [0.3, 0.4) is 0 Å². The molecule has 5 nitrogen and oxygen atoms in total. The van der Waals surface area contributed by atoms with Crippen molar-refractivity contribution in [3.05, 3.63) is 84.5 Å². The predicted octanol–water partition coefficient (Wildman–Crippen LogP) is 9.80. The highest BCUT2D eigenvalue weighted by molar-refractivity contribution is 5.96. The molecule has 6 heteroatoms. The molecule has 0 aliphatic rings. The molecular formula is C33H41FN2O3. The summed E-state index contributed by atoms with van der Waals surface area (Å²) in [6.45, 7) is 19.7. The van der Waals surface area contributed by atoms with Crippen molar-refractivity contribution in [2.45, 2.75) is 74.0 Å². The van der Waals surface area contributed by atoms with E-state index in [1.54, 1.807) is 33.0 Å². The van der Waals surface area contributed by atoms with Gasteiger partial charge in [-0.2, -0.15) is 0 Å². The summed E-state index contributed by atoms with van der Waals surface area (Å²) in [6.07, 6.45) is 2.51. The van der Waals surface area contributed by atoms with Crippen molar-refractivity contribution >= 4 is 22.6 Å². The number of nitrogens with one attached hydrogen (secondary N) is 1. The van der Waals surface area contributed by atoms with Gasteiger partial charge in [-0.1, -0.05) is 58.9 Å². The molecule has 2 aromatic carbocycles. The van der Waals surface area contributed by atoms with E-state index < -0.39 is 11.7 Å². The van der Waals surface area contributed by atoms with Gasteiger partial charge in [-0.15, -0.1) is 0 Å². The van der Waals surface area contributed by atoms with Crippen molar-refractivity contribution in [1.82, 2.24) is 10.3 Å². The number of carbonyl (C=O) groups excluding carboxylic acids is 1. The van der Waals surface area contributed by atoms with Crippen molar-refractivity contribution < 1.29 is 18.3 Å².